The summed E-state index contributed by atoms with van der Waals surface area (Å²) < 4.78 is 15.6. The van der Waals surface area contributed by atoms with Gasteiger partial charge in [-0.1, -0.05) is 13.3 Å². The molecule has 0 N–H and O–H groups in total. The lowest BCUT2D eigenvalue weighted by atomic mass is 10.1. The van der Waals surface area contributed by atoms with Gasteiger partial charge in [-0.15, -0.1) is 0 Å². The molecule has 0 spiro atoms. The van der Waals surface area contributed by atoms with Crippen LogP contribution in [-0.4, -0.2) is 56.8 Å². The Morgan fingerprint density at radius 1 is 1.00 bits per heavy atom. The third kappa shape index (κ3) is 8.34. The number of unbranched alkanes of at least 4 members (excludes halogenated alkanes) is 1. The van der Waals surface area contributed by atoms with Gasteiger partial charge in [-0.05, 0) is 44.0 Å². The number of amides is 1. The number of esters is 1. The summed E-state index contributed by atoms with van der Waals surface area (Å²) in [6, 6.07) is 6.97. The van der Waals surface area contributed by atoms with Crippen molar-refractivity contribution in [1.82, 2.24) is 4.90 Å². The maximum Gasteiger partial charge on any atom is 0.307 e. The summed E-state index contributed by atoms with van der Waals surface area (Å²) in [6.07, 6.45) is 3.06. The number of methoxy groups -OCH3 is 1. The highest BCUT2D eigenvalue weighted by Gasteiger charge is 2.17. The Bertz CT molecular complexity index is 530. The first-order chi connectivity index (χ1) is 12.6. The van der Waals surface area contributed by atoms with Gasteiger partial charge in [0.15, 0.2) is 0 Å². The van der Waals surface area contributed by atoms with Crippen LogP contribution in [0.15, 0.2) is 24.3 Å². The number of ether oxygens (including phenoxy) is 3. The second kappa shape index (κ2) is 13.2. The summed E-state index contributed by atoms with van der Waals surface area (Å²) in [6.45, 7) is 6.45. The molecule has 0 aliphatic heterocycles. The standard InChI is InChI=1S/C20H31NO5/c1-4-6-15-25-16-7-13-21(14-12-19(22)26-5-2)20(23)17-8-10-18(24-3)11-9-17/h8-11H,4-7,12-16H2,1-3H3. The van der Waals surface area contributed by atoms with Crippen molar-refractivity contribution < 1.29 is 23.8 Å². The Labute approximate surface area is 156 Å². The van der Waals surface area contributed by atoms with Gasteiger partial charge in [-0.3, -0.25) is 9.59 Å². The third-order valence-electron chi connectivity index (χ3n) is 3.87. The smallest absolute Gasteiger partial charge is 0.307 e. The van der Waals surface area contributed by atoms with Gasteiger partial charge in [-0.2, -0.15) is 0 Å². The first kappa shape index (κ1) is 22.0. The van der Waals surface area contributed by atoms with E-state index in [1.807, 2.05) is 0 Å². The SMILES string of the molecule is CCCCOCCCN(CCC(=O)OCC)C(=O)c1ccc(OC)cc1. The maximum atomic E-state index is 12.8. The molecular formula is C20H31NO5. The van der Waals surface area contributed by atoms with Crippen LogP contribution in [0.2, 0.25) is 0 Å². The molecular weight excluding hydrogens is 334 g/mol. The summed E-state index contributed by atoms with van der Waals surface area (Å²) in [5, 5.41) is 0. The fraction of sp³-hybridized carbons (Fsp3) is 0.600. The molecule has 6 nitrogen and oxygen atoms in total. The zero-order valence-electron chi connectivity index (χ0n) is 16.2. The summed E-state index contributed by atoms with van der Waals surface area (Å²) >= 11 is 0. The zero-order valence-corrected chi connectivity index (χ0v) is 16.2. The molecule has 26 heavy (non-hydrogen) atoms. The fourth-order valence-electron chi connectivity index (χ4n) is 2.40. The highest BCUT2D eigenvalue weighted by Crippen LogP contribution is 2.14. The van der Waals surface area contributed by atoms with E-state index in [0.29, 0.717) is 37.6 Å². The van der Waals surface area contributed by atoms with Crippen LogP contribution in [-0.2, 0) is 14.3 Å². The number of carbonyl (C=O) groups excluding carboxylic acids is 2. The van der Waals surface area contributed by atoms with Gasteiger partial charge in [0, 0.05) is 31.9 Å². The van der Waals surface area contributed by atoms with Crippen LogP contribution < -0.4 is 4.74 Å². The molecule has 0 saturated heterocycles. The first-order valence-corrected chi connectivity index (χ1v) is 9.29. The molecule has 0 heterocycles. The predicted octanol–water partition coefficient (Wildman–Crippen LogP) is 3.30. The van der Waals surface area contributed by atoms with Crippen LogP contribution >= 0.6 is 0 Å². The van der Waals surface area contributed by atoms with Gasteiger partial charge in [0.1, 0.15) is 5.75 Å². The summed E-state index contributed by atoms with van der Waals surface area (Å²) in [5.41, 5.74) is 0.571. The van der Waals surface area contributed by atoms with Crippen molar-refractivity contribution in [2.24, 2.45) is 0 Å². The van der Waals surface area contributed by atoms with Gasteiger partial charge in [-0.25, -0.2) is 0 Å². The molecule has 1 aromatic rings. The van der Waals surface area contributed by atoms with Crippen LogP contribution in [0.4, 0.5) is 0 Å². The molecule has 1 amide bonds. The molecule has 0 saturated carbocycles. The molecule has 1 rings (SSSR count). The molecule has 0 aliphatic carbocycles. The lowest BCUT2D eigenvalue weighted by Gasteiger charge is -2.22. The second-order valence-corrected chi connectivity index (χ2v) is 5.90. The molecule has 0 atom stereocenters. The van der Waals surface area contributed by atoms with Crippen molar-refractivity contribution in [3.05, 3.63) is 29.8 Å². The van der Waals surface area contributed by atoms with Crippen molar-refractivity contribution in [2.45, 2.75) is 39.5 Å². The summed E-state index contributed by atoms with van der Waals surface area (Å²) in [4.78, 5) is 26.1. The highest BCUT2D eigenvalue weighted by atomic mass is 16.5. The number of rotatable bonds is 13. The van der Waals surface area contributed by atoms with Gasteiger partial charge >= 0.3 is 5.97 Å². The minimum Gasteiger partial charge on any atom is -0.497 e. The Morgan fingerprint density at radius 3 is 2.31 bits per heavy atom. The molecule has 0 unspecified atom stereocenters. The minimum atomic E-state index is -0.292. The molecule has 6 heteroatoms. The molecule has 0 aliphatic rings. The fourth-order valence-corrected chi connectivity index (χ4v) is 2.40. The first-order valence-electron chi connectivity index (χ1n) is 9.29. The second-order valence-electron chi connectivity index (χ2n) is 5.90. The molecule has 146 valence electrons. The highest BCUT2D eigenvalue weighted by molar-refractivity contribution is 5.94. The average molecular weight is 365 g/mol. The minimum absolute atomic E-state index is 0.106. The van der Waals surface area contributed by atoms with Gasteiger partial charge in [0.05, 0.1) is 20.1 Å². The lowest BCUT2D eigenvalue weighted by Crippen LogP contribution is -2.34. The normalized spacial score (nSPS) is 10.4. The maximum absolute atomic E-state index is 12.8. The third-order valence-corrected chi connectivity index (χ3v) is 3.87. The van der Waals surface area contributed by atoms with Crippen molar-refractivity contribution in [3.8, 4) is 5.75 Å². The van der Waals surface area contributed by atoms with E-state index in [4.69, 9.17) is 14.2 Å². The topological polar surface area (TPSA) is 65.1 Å². The Kier molecular flexibility index (Phi) is 11.1. The zero-order chi connectivity index (χ0) is 19.2. The van der Waals surface area contributed by atoms with Crippen molar-refractivity contribution in [3.63, 3.8) is 0 Å². The van der Waals surface area contributed by atoms with E-state index < -0.39 is 0 Å². The van der Waals surface area contributed by atoms with Gasteiger partial charge < -0.3 is 19.1 Å². The van der Waals surface area contributed by atoms with E-state index in [1.165, 1.54) is 0 Å². The molecule has 0 bridgehead atoms. The Balaban J connectivity index is 2.61. The van der Waals surface area contributed by atoms with Crippen molar-refractivity contribution in [2.75, 3.05) is 40.0 Å². The number of hydrogen-bond acceptors (Lipinski definition) is 5. The van der Waals surface area contributed by atoms with Crippen LogP contribution in [0.3, 0.4) is 0 Å². The number of benzene rings is 1. The quantitative estimate of drug-likeness (QED) is 0.396. The van der Waals surface area contributed by atoms with E-state index in [-0.39, 0.29) is 18.3 Å². The van der Waals surface area contributed by atoms with Gasteiger partial charge in [0.2, 0.25) is 0 Å². The molecule has 0 fully saturated rings. The molecule has 0 aromatic heterocycles. The molecule has 0 radical (unpaired) electrons. The Hall–Kier alpha value is -2.08. The average Bonchev–Trinajstić information content (AvgIpc) is 2.66. The largest absolute Gasteiger partial charge is 0.497 e. The van der Waals surface area contributed by atoms with E-state index in [0.717, 1.165) is 25.9 Å². The number of hydrogen-bond donors (Lipinski definition) is 0. The van der Waals surface area contributed by atoms with Crippen LogP contribution in [0.5, 0.6) is 5.75 Å². The predicted molar refractivity (Wildman–Crippen MR) is 100 cm³/mol. The Morgan fingerprint density at radius 2 is 1.69 bits per heavy atom. The summed E-state index contributed by atoms with van der Waals surface area (Å²) in [5.74, 6) is 0.300. The van der Waals surface area contributed by atoms with Crippen LogP contribution in [0.25, 0.3) is 0 Å². The van der Waals surface area contributed by atoms with E-state index >= 15 is 0 Å². The van der Waals surface area contributed by atoms with Crippen molar-refractivity contribution in [1.29, 1.82) is 0 Å². The van der Waals surface area contributed by atoms with E-state index in [1.54, 1.807) is 43.2 Å². The van der Waals surface area contributed by atoms with E-state index in [9.17, 15) is 9.59 Å². The van der Waals surface area contributed by atoms with Crippen molar-refractivity contribution >= 4 is 11.9 Å². The lowest BCUT2D eigenvalue weighted by molar-refractivity contribution is -0.143. The monoisotopic (exact) mass is 365 g/mol. The molecule has 1 aromatic carbocycles. The summed E-state index contributed by atoms with van der Waals surface area (Å²) in [7, 11) is 1.58. The number of nitrogens with zero attached hydrogens (tertiary/aromatic N) is 1. The van der Waals surface area contributed by atoms with E-state index in [2.05, 4.69) is 6.92 Å². The van der Waals surface area contributed by atoms with Crippen LogP contribution in [0, 0.1) is 0 Å². The van der Waals surface area contributed by atoms with Crippen LogP contribution in [0.1, 0.15) is 49.9 Å². The number of carbonyl (C=O) groups is 2. The van der Waals surface area contributed by atoms with Gasteiger partial charge in [0.25, 0.3) is 5.91 Å².